The van der Waals surface area contributed by atoms with Crippen molar-refractivity contribution in [1.29, 1.82) is 0 Å². The molecule has 1 aromatic heterocycles. The standard InChI is InChI=1S/C16H19N4O2P/c1-20-8-10(18-16(21)22-19-23)6-12-11-3-2-4-13-15(11)9(7-17-13)5-14(12)20/h2-4,6-7,10,14,17,19H,5,8,23H2,1H3,(H,18,21)/t10-,14+/m0/s1. The van der Waals surface area contributed by atoms with Crippen LogP contribution in [0.25, 0.3) is 16.5 Å². The summed E-state index contributed by atoms with van der Waals surface area (Å²) in [6.45, 7) is 0.760. The van der Waals surface area contributed by atoms with Crippen molar-refractivity contribution in [2.24, 2.45) is 0 Å². The van der Waals surface area contributed by atoms with Crippen molar-refractivity contribution >= 4 is 32.0 Å². The topological polar surface area (TPSA) is 69.4 Å². The third-order valence-corrected chi connectivity index (χ3v) is 4.84. The number of carbonyl (C=O) groups is 1. The Morgan fingerprint density at radius 1 is 1.48 bits per heavy atom. The molecular formula is C16H19N4O2P. The molecule has 2 heterocycles. The molecule has 0 radical (unpaired) electrons. The Morgan fingerprint density at radius 2 is 2.35 bits per heavy atom. The SMILES string of the molecule is CN1C[C@@H](NC(=O)ONP)C=C2c3cccc4[nH]cc(c34)C[C@H]21. The predicted molar refractivity (Wildman–Crippen MR) is 92.6 cm³/mol. The number of hydrogen-bond acceptors (Lipinski definition) is 4. The average Bonchev–Trinajstić information content (AvgIpc) is 2.93. The van der Waals surface area contributed by atoms with E-state index in [0.29, 0.717) is 6.04 Å². The Balaban J connectivity index is 1.74. The van der Waals surface area contributed by atoms with E-state index in [-0.39, 0.29) is 6.04 Å². The van der Waals surface area contributed by atoms with E-state index in [2.05, 4.69) is 67.4 Å². The number of benzene rings is 1. The van der Waals surface area contributed by atoms with Crippen LogP contribution in [0.1, 0.15) is 11.1 Å². The molecule has 2 aliphatic rings. The summed E-state index contributed by atoms with van der Waals surface area (Å²) in [6, 6.07) is 6.61. The van der Waals surface area contributed by atoms with Gasteiger partial charge >= 0.3 is 6.09 Å². The van der Waals surface area contributed by atoms with Crippen LogP contribution >= 0.6 is 9.39 Å². The third-order valence-electron chi connectivity index (χ3n) is 4.72. The lowest BCUT2D eigenvalue weighted by Gasteiger charge is -2.39. The number of rotatable bonds is 2. The third kappa shape index (κ3) is 2.43. The van der Waals surface area contributed by atoms with Gasteiger partial charge in [-0.15, -0.1) is 5.25 Å². The van der Waals surface area contributed by atoms with Crippen molar-refractivity contribution in [3.05, 3.63) is 41.6 Å². The maximum atomic E-state index is 11.7. The number of likely N-dealkylation sites (N-methyl/N-ethyl adjacent to an activating group) is 1. The molecule has 0 spiro atoms. The van der Waals surface area contributed by atoms with Gasteiger partial charge in [-0.25, -0.2) is 4.79 Å². The van der Waals surface area contributed by atoms with Gasteiger partial charge in [-0.1, -0.05) is 18.2 Å². The zero-order chi connectivity index (χ0) is 16.0. The van der Waals surface area contributed by atoms with Crippen molar-refractivity contribution in [1.82, 2.24) is 20.5 Å². The first-order chi connectivity index (χ1) is 11.2. The quantitative estimate of drug-likeness (QED) is 0.580. The maximum Gasteiger partial charge on any atom is 0.426 e. The van der Waals surface area contributed by atoms with Crippen LogP contribution in [-0.4, -0.2) is 41.7 Å². The number of nitrogens with one attached hydrogen (secondary N) is 3. The highest BCUT2D eigenvalue weighted by Crippen LogP contribution is 2.39. The molecule has 0 fully saturated rings. The fourth-order valence-corrected chi connectivity index (χ4v) is 3.88. The number of amides is 1. The van der Waals surface area contributed by atoms with Gasteiger partial charge in [0.05, 0.1) is 6.04 Å². The summed E-state index contributed by atoms with van der Waals surface area (Å²) in [7, 11) is 4.24. The van der Waals surface area contributed by atoms with E-state index in [4.69, 9.17) is 4.84 Å². The number of fused-ring (bicyclic) bond motifs is 2. The minimum Gasteiger partial charge on any atom is -0.361 e. The van der Waals surface area contributed by atoms with Crippen molar-refractivity contribution in [2.45, 2.75) is 18.5 Å². The normalized spacial score (nSPS) is 23.3. The summed E-state index contributed by atoms with van der Waals surface area (Å²) in [5, 5.41) is 6.49. The molecule has 7 heteroatoms. The number of H-pyrrole nitrogens is 1. The highest BCUT2D eigenvalue weighted by Gasteiger charge is 2.34. The van der Waals surface area contributed by atoms with Crippen LogP contribution in [0.4, 0.5) is 4.79 Å². The van der Waals surface area contributed by atoms with E-state index in [1.165, 1.54) is 27.6 Å². The van der Waals surface area contributed by atoms with Gasteiger partial charge in [-0.05, 0) is 45.6 Å². The van der Waals surface area contributed by atoms with E-state index >= 15 is 0 Å². The first-order valence-corrected chi connectivity index (χ1v) is 8.19. The van der Waals surface area contributed by atoms with E-state index in [9.17, 15) is 4.79 Å². The summed E-state index contributed by atoms with van der Waals surface area (Å²) in [5.41, 5.74) is 5.07. The fraction of sp³-hybridized carbons (Fsp3) is 0.312. The maximum absolute atomic E-state index is 11.7. The summed E-state index contributed by atoms with van der Waals surface area (Å²) in [5.74, 6) is 0. The zero-order valence-corrected chi connectivity index (χ0v) is 14.0. The Morgan fingerprint density at radius 3 is 3.17 bits per heavy atom. The van der Waals surface area contributed by atoms with Gasteiger partial charge in [-0.3, -0.25) is 4.90 Å². The molecule has 1 aliphatic carbocycles. The van der Waals surface area contributed by atoms with Gasteiger partial charge in [0.15, 0.2) is 0 Å². The van der Waals surface area contributed by atoms with Crippen LogP contribution in [0.5, 0.6) is 0 Å². The van der Waals surface area contributed by atoms with Gasteiger partial charge in [0.25, 0.3) is 0 Å². The zero-order valence-electron chi connectivity index (χ0n) is 12.8. The highest BCUT2D eigenvalue weighted by molar-refractivity contribution is 7.13. The number of aromatic nitrogens is 1. The van der Waals surface area contributed by atoms with Crippen LogP contribution in [0.2, 0.25) is 0 Å². The second-order valence-electron chi connectivity index (χ2n) is 6.08. The lowest BCUT2D eigenvalue weighted by Crippen LogP contribution is -2.50. The molecule has 3 atom stereocenters. The second kappa shape index (κ2) is 5.64. The van der Waals surface area contributed by atoms with Gasteiger partial charge in [-0.2, -0.15) is 0 Å². The largest absolute Gasteiger partial charge is 0.426 e. The predicted octanol–water partition coefficient (Wildman–Crippen LogP) is 1.81. The van der Waals surface area contributed by atoms with E-state index in [1.807, 2.05) is 0 Å². The monoisotopic (exact) mass is 330 g/mol. The van der Waals surface area contributed by atoms with Gasteiger partial charge in [0.2, 0.25) is 0 Å². The van der Waals surface area contributed by atoms with Gasteiger partial charge in [0, 0.05) is 29.7 Å². The van der Waals surface area contributed by atoms with Crippen molar-refractivity contribution in [3.63, 3.8) is 0 Å². The van der Waals surface area contributed by atoms with Crippen molar-refractivity contribution in [3.8, 4) is 0 Å². The molecule has 3 N–H and O–H groups in total. The minimum absolute atomic E-state index is 0.0761. The number of carbonyl (C=O) groups excluding carboxylic acids is 1. The van der Waals surface area contributed by atoms with Crippen LogP contribution in [-0.2, 0) is 11.3 Å². The molecule has 1 amide bonds. The number of aromatic amines is 1. The molecular weight excluding hydrogens is 311 g/mol. The summed E-state index contributed by atoms with van der Waals surface area (Å²) in [4.78, 5) is 22.0. The molecule has 2 aromatic rings. The molecule has 23 heavy (non-hydrogen) atoms. The lowest BCUT2D eigenvalue weighted by atomic mass is 9.81. The van der Waals surface area contributed by atoms with Crippen molar-refractivity contribution in [2.75, 3.05) is 13.6 Å². The first-order valence-electron chi connectivity index (χ1n) is 7.61. The Bertz CT molecular complexity index is 800. The molecule has 0 saturated carbocycles. The molecule has 1 unspecified atom stereocenters. The minimum atomic E-state index is -0.481. The van der Waals surface area contributed by atoms with E-state index in [1.54, 1.807) is 0 Å². The molecule has 0 bridgehead atoms. The summed E-state index contributed by atoms with van der Waals surface area (Å²) >= 11 is 0. The van der Waals surface area contributed by atoms with Gasteiger partial charge in [0.1, 0.15) is 0 Å². The second-order valence-corrected chi connectivity index (χ2v) is 6.32. The van der Waals surface area contributed by atoms with E-state index in [0.717, 1.165) is 13.0 Å². The van der Waals surface area contributed by atoms with Crippen LogP contribution < -0.4 is 10.6 Å². The molecule has 4 rings (SSSR count). The van der Waals surface area contributed by atoms with E-state index < -0.39 is 6.09 Å². The first kappa shape index (κ1) is 14.7. The summed E-state index contributed by atoms with van der Waals surface area (Å²) in [6.07, 6.45) is 4.79. The molecule has 1 aromatic carbocycles. The Kier molecular flexibility index (Phi) is 3.60. The van der Waals surface area contributed by atoms with Crippen molar-refractivity contribution < 1.29 is 9.63 Å². The van der Waals surface area contributed by atoms with Crippen LogP contribution in [0.3, 0.4) is 0 Å². The number of hydrogen-bond donors (Lipinski definition) is 3. The molecule has 0 saturated heterocycles. The fourth-order valence-electron chi connectivity index (χ4n) is 3.78. The van der Waals surface area contributed by atoms with Gasteiger partial charge < -0.3 is 15.1 Å². The molecule has 120 valence electrons. The Hall–Kier alpha value is -1.88. The molecule has 6 nitrogen and oxygen atoms in total. The highest BCUT2D eigenvalue weighted by atomic mass is 31.0. The van der Waals surface area contributed by atoms with Crippen LogP contribution in [0.15, 0.2) is 30.5 Å². The lowest BCUT2D eigenvalue weighted by molar-refractivity contribution is 0.123. The smallest absolute Gasteiger partial charge is 0.361 e. The average molecular weight is 330 g/mol. The van der Waals surface area contributed by atoms with Crippen LogP contribution in [0, 0.1) is 0 Å². The molecule has 1 aliphatic heterocycles. The Labute approximate surface area is 136 Å². The number of nitrogens with zero attached hydrogens (tertiary/aromatic N) is 1. The summed E-state index contributed by atoms with van der Waals surface area (Å²) < 4.78 is 0.